The predicted octanol–water partition coefficient (Wildman–Crippen LogP) is 1.41. The van der Waals surface area contributed by atoms with Crippen LogP contribution in [0.5, 0.6) is 5.75 Å². The molecule has 6 heteroatoms. The number of amides is 1. The van der Waals surface area contributed by atoms with E-state index in [9.17, 15) is 14.7 Å². The predicted molar refractivity (Wildman–Crippen MR) is 84.4 cm³/mol. The monoisotopic (exact) mass is 321 g/mol. The van der Waals surface area contributed by atoms with E-state index in [1.165, 1.54) is 0 Å². The van der Waals surface area contributed by atoms with E-state index in [0.29, 0.717) is 5.75 Å². The van der Waals surface area contributed by atoms with E-state index in [1.807, 2.05) is 38.1 Å². The summed E-state index contributed by atoms with van der Waals surface area (Å²) in [4.78, 5) is 25.6. The number of para-hydroxylation sites is 1. The number of aliphatic carboxylic acids is 1. The van der Waals surface area contributed by atoms with Crippen molar-refractivity contribution < 1.29 is 24.5 Å². The van der Waals surface area contributed by atoms with Crippen LogP contribution < -0.4 is 4.74 Å². The number of nitrogens with zero attached hydrogens (tertiary/aromatic N) is 1. The summed E-state index contributed by atoms with van der Waals surface area (Å²) < 4.78 is 5.35. The number of hydrogen-bond donors (Lipinski definition) is 2. The summed E-state index contributed by atoms with van der Waals surface area (Å²) in [6.07, 6.45) is 0.0756. The van der Waals surface area contributed by atoms with E-state index >= 15 is 0 Å². The summed E-state index contributed by atoms with van der Waals surface area (Å²) in [5, 5.41) is 19.1. The van der Waals surface area contributed by atoms with Crippen LogP contribution in [0.2, 0.25) is 0 Å². The van der Waals surface area contributed by atoms with Crippen LogP contribution in [-0.4, -0.2) is 52.8 Å². The number of methoxy groups -OCH3 is 1. The Morgan fingerprint density at radius 2 is 1.78 bits per heavy atom. The van der Waals surface area contributed by atoms with Crippen molar-refractivity contribution in [1.29, 1.82) is 0 Å². The van der Waals surface area contributed by atoms with Crippen LogP contribution >= 0.6 is 0 Å². The molecule has 0 radical (unpaired) electrons. The second-order valence-electron chi connectivity index (χ2n) is 6.45. The molecule has 0 spiro atoms. The molecule has 0 atom stereocenters. The molecule has 1 saturated heterocycles. The van der Waals surface area contributed by atoms with Gasteiger partial charge in [-0.25, -0.2) is 4.79 Å². The maximum absolute atomic E-state index is 12.9. The number of benzene rings is 1. The van der Waals surface area contributed by atoms with E-state index < -0.39 is 17.0 Å². The van der Waals surface area contributed by atoms with Gasteiger partial charge in [0.15, 0.2) is 5.60 Å². The van der Waals surface area contributed by atoms with E-state index in [1.54, 1.807) is 12.0 Å². The first kappa shape index (κ1) is 17.3. The molecule has 1 aliphatic heterocycles. The Labute approximate surface area is 135 Å². The highest BCUT2D eigenvalue weighted by Crippen LogP contribution is 2.34. The highest BCUT2D eigenvalue weighted by atomic mass is 16.5. The van der Waals surface area contributed by atoms with Crippen molar-refractivity contribution in [3.8, 4) is 5.75 Å². The molecule has 126 valence electrons. The van der Waals surface area contributed by atoms with Gasteiger partial charge in [0, 0.05) is 31.5 Å². The zero-order valence-electron chi connectivity index (χ0n) is 13.7. The van der Waals surface area contributed by atoms with Crippen molar-refractivity contribution in [1.82, 2.24) is 4.90 Å². The fourth-order valence-corrected chi connectivity index (χ4v) is 2.97. The van der Waals surface area contributed by atoms with Crippen molar-refractivity contribution in [3.05, 3.63) is 29.8 Å². The van der Waals surface area contributed by atoms with Gasteiger partial charge in [-0.15, -0.1) is 0 Å². The Morgan fingerprint density at radius 3 is 2.30 bits per heavy atom. The standard InChI is InChI=1S/C17H23NO5/c1-16(2,12-6-4-5-7-13(12)23-3)14(19)18-10-8-17(22,9-11-18)15(20)21/h4-7,22H,8-11H2,1-3H3,(H,20,21). The maximum Gasteiger partial charge on any atom is 0.335 e. The first-order chi connectivity index (χ1) is 10.7. The minimum absolute atomic E-state index is 0.0378. The fraction of sp³-hybridized carbons (Fsp3) is 0.529. The number of rotatable bonds is 4. The minimum Gasteiger partial charge on any atom is -0.496 e. The number of likely N-dealkylation sites (tertiary alicyclic amines) is 1. The maximum atomic E-state index is 12.9. The molecule has 1 amide bonds. The van der Waals surface area contributed by atoms with Gasteiger partial charge in [-0.05, 0) is 19.9 Å². The number of ether oxygens (including phenoxy) is 1. The van der Waals surface area contributed by atoms with Crippen LogP contribution in [0.25, 0.3) is 0 Å². The molecule has 6 nitrogen and oxygen atoms in total. The summed E-state index contributed by atoms with van der Waals surface area (Å²) in [5.74, 6) is -0.687. The van der Waals surface area contributed by atoms with Gasteiger partial charge in [-0.2, -0.15) is 0 Å². The second kappa shape index (κ2) is 6.20. The molecule has 0 saturated carbocycles. The van der Waals surface area contributed by atoms with Crippen LogP contribution in [0, 0.1) is 0 Å². The normalized spacial score (nSPS) is 17.7. The summed E-state index contributed by atoms with van der Waals surface area (Å²) in [6.45, 7) is 4.09. The van der Waals surface area contributed by atoms with Gasteiger partial charge in [-0.3, -0.25) is 4.79 Å². The lowest BCUT2D eigenvalue weighted by Gasteiger charge is -2.39. The highest BCUT2D eigenvalue weighted by Gasteiger charge is 2.43. The third-order valence-electron chi connectivity index (χ3n) is 4.59. The molecule has 0 unspecified atom stereocenters. The fourth-order valence-electron chi connectivity index (χ4n) is 2.97. The number of aliphatic hydroxyl groups is 1. The van der Waals surface area contributed by atoms with Crippen molar-refractivity contribution >= 4 is 11.9 Å². The Bertz CT molecular complexity index is 603. The highest BCUT2D eigenvalue weighted by molar-refractivity contribution is 5.88. The van der Waals surface area contributed by atoms with Gasteiger partial charge < -0.3 is 19.8 Å². The number of carboxylic acids is 1. The van der Waals surface area contributed by atoms with Crippen molar-refractivity contribution in [2.24, 2.45) is 0 Å². The van der Waals surface area contributed by atoms with Gasteiger partial charge in [0.25, 0.3) is 0 Å². The average Bonchev–Trinajstić information content (AvgIpc) is 2.54. The lowest BCUT2D eigenvalue weighted by molar-refractivity contribution is -0.166. The lowest BCUT2D eigenvalue weighted by Crippen LogP contribution is -2.54. The van der Waals surface area contributed by atoms with Crippen molar-refractivity contribution in [2.45, 2.75) is 37.7 Å². The number of piperidine rings is 1. The molecule has 0 bridgehead atoms. The molecule has 2 rings (SSSR count). The third kappa shape index (κ3) is 3.17. The molecule has 1 heterocycles. The molecule has 1 aliphatic rings. The number of carboxylic acid groups (broad SMARTS) is 1. The van der Waals surface area contributed by atoms with E-state index in [2.05, 4.69) is 0 Å². The van der Waals surface area contributed by atoms with Crippen LogP contribution in [0.4, 0.5) is 0 Å². The van der Waals surface area contributed by atoms with E-state index in [4.69, 9.17) is 9.84 Å². The van der Waals surface area contributed by atoms with Crippen LogP contribution in [0.3, 0.4) is 0 Å². The van der Waals surface area contributed by atoms with Gasteiger partial charge in [0.1, 0.15) is 5.75 Å². The second-order valence-corrected chi connectivity index (χ2v) is 6.45. The first-order valence-corrected chi connectivity index (χ1v) is 7.61. The molecular formula is C17H23NO5. The summed E-state index contributed by atoms with van der Waals surface area (Å²) >= 11 is 0. The molecular weight excluding hydrogens is 298 g/mol. The summed E-state index contributed by atoms with van der Waals surface area (Å²) in [6, 6.07) is 7.36. The Balaban J connectivity index is 2.18. The number of carbonyl (C=O) groups is 2. The van der Waals surface area contributed by atoms with Gasteiger partial charge in [0.2, 0.25) is 5.91 Å². The molecule has 1 aromatic carbocycles. The SMILES string of the molecule is COc1ccccc1C(C)(C)C(=O)N1CCC(O)(C(=O)O)CC1. The van der Waals surface area contributed by atoms with Crippen molar-refractivity contribution in [3.63, 3.8) is 0 Å². The minimum atomic E-state index is -1.73. The smallest absolute Gasteiger partial charge is 0.335 e. The van der Waals surface area contributed by atoms with Crippen molar-refractivity contribution in [2.75, 3.05) is 20.2 Å². The molecule has 0 aromatic heterocycles. The van der Waals surface area contributed by atoms with E-state index in [0.717, 1.165) is 5.56 Å². The number of carbonyl (C=O) groups excluding carboxylic acids is 1. The Kier molecular flexibility index (Phi) is 4.66. The zero-order chi connectivity index (χ0) is 17.3. The van der Waals surface area contributed by atoms with Crippen LogP contribution in [0.15, 0.2) is 24.3 Å². The zero-order valence-corrected chi connectivity index (χ0v) is 13.7. The molecule has 0 aliphatic carbocycles. The van der Waals surface area contributed by atoms with Crippen LogP contribution in [0.1, 0.15) is 32.3 Å². The van der Waals surface area contributed by atoms with E-state index in [-0.39, 0.29) is 31.8 Å². The lowest BCUT2D eigenvalue weighted by atomic mass is 9.81. The molecule has 23 heavy (non-hydrogen) atoms. The first-order valence-electron chi connectivity index (χ1n) is 7.61. The van der Waals surface area contributed by atoms with Crippen LogP contribution in [-0.2, 0) is 15.0 Å². The average molecular weight is 321 g/mol. The largest absolute Gasteiger partial charge is 0.496 e. The van der Waals surface area contributed by atoms with Gasteiger partial charge in [-0.1, -0.05) is 18.2 Å². The molecule has 1 aromatic rings. The topological polar surface area (TPSA) is 87.1 Å². The quantitative estimate of drug-likeness (QED) is 0.875. The third-order valence-corrected chi connectivity index (χ3v) is 4.59. The van der Waals surface area contributed by atoms with Gasteiger partial charge >= 0.3 is 5.97 Å². The summed E-state index contributed by atoms with van der Waals surface area (Å²) in [7, 11) is 1.56. The molecule has 2 N–H and O–H groups in total. The molecule has 1 fully saturated rings. The Morgan fingerprint density at radius 1 is 1.22 bits per heavy atom. The summed E-state index contributed by atoms with van der Waals surface area (Å²) in [5.41, 5.74) is -1.75. The Hall–Kier alpha value is -2.08. The number of hydrogen-bond acceptors (Lipinski definition) is 4. The van der Waals surface area contributed by atoms with Gasteiger partial charge in [0.05, 0.1) is 12.5 Å².